The lowest BCUT2D eigenvalue weighted by atomic mass is 10.1. The van der Waals surface area contributed by atoms with Crippen molar-refractivity contribution in [1.82, 2.24) is 4.90 Å². The standard InChI is InChI=1S/C17H23NO2/c1-12-3-6-15(9-13(12)2)17(19)18-8-7-16(10-18)20-11-14-4-5-14/h3,6,9,14,16H,4-5,7-8,10-11H2,1-2H3. The molecule has 1 aliphatic carbocycles. The zero-order valence-corrected chi connectivity index (χ0v) is 12.4. The smallest absolute Gasteiger partial charge is 0.253 e. The fourth-order valence-electron chi connectivity index (χ4n) is 2.66. The predicted molar refractivity (Wildman–Crippen MR) is 78.9 cm³/mol. The minimum absolute atomic E-state index is 0.144. The lowest BCUT2D eigenvalue weighted by molar-refractivity contribution is 0.0480. The first-order valence-electron chi connectivity index (χ1n) is 7.61. The molecule has 20 heavy (non-hydrogen) atoms. The van der Waals surface area contributed by atoms with Gasteiger partial charge < -0.3 is 9.64 Å². The summed E-state index contributed by atoms with van der Waals surface area (Å²) < 4.78 is 5.89. The summed E-state index contributed by atoms with van der Waals surface area (Å²) in [6.45, 7) is 6.58. The van der Waals surface area contributed by atoms with Crippen molar-refractivity contribution in [3.8, 4) is 0 Å². The van der Waals surface area contributed by atoms with Crippen molar-refractivity contribution < 1.29 is 9.53 Å². The van der Waals surface area contributed by atoms with Gasteiger partial charge in [0, 0.05) is 25.3 Å². The third kappa shape index (κ3) is 3.04. The van der Waals surface area contributed by atoms with E-state index in [9.17, 15) is 4.79 Å². The zero-order chi connectivity index (χ0) is 14.1. The van der Waals surface area contributed by atoms with Gasteiger partial charge in [-0.15, -0.1) is 0 Å². The third-order valence-corrected chi connectivity index (χ3v) is 4.45. The summed E-state index contributed by atoms with van der Waals surface area (Å²) in [7, 11) is 0. The Morgan fingerprint density at radius 2 is 2.05 bits per heavy atom. The Labute approximate surface area is 120 Å². The molecule has 2 fully saturated rings. The molecule has 1 heterocycles. The van der Waals surface area contributed by atoms with Crippen LogP contribution in [0.1, 0.15) is 40.7 Å². The van der Waals surface area contributed by atoms with E-state index in [0.29, 0.717) is 0 Å². The minimum atomic E-state index is 0.144. The number of benzene rings is 1. The second kappa shape index (κ2) is 5.57. The van der Waals surface area contributed by atoms with Crippen molar-refractivity contribution in [3.63, 3.8) is 0 Å². The van der Waals surface area contributed by atoms with Crippen LogP contribution in [0.2, 0.25) is 0 Å². The van der Waals surface area contributed by atoms with Crippen LogP contribution < -0.4 is 0 Å². The molecule has 1 saturated heterocycles. The van der Waals surface area contributed by atoms with Crippen LogP contribution in [0, 0.1) is 19.8 Å². The normalized spacial score (nSPS) is 22.3. The molecule has 1 aliphatic heterocycles. The van der Waals surface area contributed by atoms with Crippen LogP contribution in [0.5, 0.6) is 0 Å². The van der Waals surface area contributed by atoms with Crippen LogP contribution in [0.15, 0.2) is 18.2 Å². The van der Waals surface area contributed by atoms with Crippen LogP contribution in [-0.4, -0.2) is 36.6 Å². The number of likely N-dealkylation sites (tertiary alicyclic amines) is 1. The molecule has 108 valence electrons. The van der Waals surface area contributed by atoms with Crippen LogP contribution >= 0.6 is 0 Å². The Bertz CT molecular complexity index is 508. The molecule has 3 rings (SSSR count). The molecule has 1 aromatic rings. The largest absolute Gasteiger partial charge is 0.376 e. The van der Waals surface area contributed by atoms with E-state index in [1.807, 2.05) is 23.1 Å². The molecule has 1 saturated carbocycles. The predicted octanol–water partition coefficient (Wildman–Crippen LogP) is 2.94. The highest BCUT2D eigenvalue weighted by Gasteiger charge is 2.29. The van der Waals surface area contributed by atoms with Gasteiger partial charge in [-0.3, -0.25) is 4.79 Å². The number of hydrogen-bond acceptors (Lipinski definition) is 2. The molecule has 0 N–H and O–H groups in total. The highest BCUT2D eigenvalue weighted by Crippen LogP contribution is 2.30. The first-order chi connectivity index (χ1) is 9.63. The summed E-state index contributed by atoms with van der Waals surface area (Å²) in [6.07, 6.45) is 3.85. The van der Waals surface area contributed by atoms with Gasteiger partial charge in [0.2, 0.25) is 0 Å². The minimum Gasteiger partial charge on any atom is -0.376 e. The SMILES string of the molecule is Cc1ccc(C(=O)N2CCC(OCC3CC3)C2)cc1C. The molecule has 0 aromatic heterocycles. The van der Waals surface area contributed by atoms with Gasteiger partial charge in [0.05, 0.1) is 6.10 Å². The Morgan fingerprint density at radius 3 is 2.75 bits per heavy atom. The summed E-state index contributed by atoms with van der Waals surface area (Å²) >= 11 is 0. The number of ether oxygens (including phenoxy) is 1. The number of rotatable bonds is 4. The summed E-state index contributed by atoms with van der Waals surface area (Å²) in [5, 5.41) is 0. The molecule has 0 radical (unpaired) electrons. The average Bonchev–Trinajstić information content (AvgIpc) is 3.16. The van der Waals surface area contributed by atoms with E-state index >= 15 is 0 Å². The number of carbonyl (C=O) groups excluding carboxylic acids is 1. The lowest BCUT2D eigenvalue weighted by Gasteiger charge is -2.17. The van der Waals surface area contributed by atoms with Crippen LogP contribution in [0.25, 0.3) is 0 Å². The van der Waals surface area contributed by atoms with Gasteiger partial charge in [0.15, 0.2) is 0 Å². The summed E-state index contributed by atoms with van der Waals surface area (Å²) in [5.74, 6) is 0.935. The highest BCUT2D eigenvalue weighted by molar-refractivity contribution is 5.94. The fraction of sp³-hybridized carbons (Fsp3) is 0.588. The number of nitrogens with zero attached hydrogens (tertiary/aromatic N) is 1. The van der Waals surface area contributed by atoms with Gasteiger partial charge in [-0.05, 0) is 62.3 Å². The van der Waals surface area contributed by atoms with Crippen LogP contribution in [0.3, 0.4) is 0 Å². The molecule has 1 aromatic carbocycles. The highest BCUT2D eigenvalue weighted by atomic mass is 16.5. The van der Waals surface area contributed by atoms with Crippen molar-refractivity contribution in [2.24, 2.45) is 5.92 Å². The van der Waals surface area contributed by atoms with Gasteiger partial charge in [0.1, 0.15) is 0 Å². The second-order valence-electron chi connectivity index (χ2n) is 6.24. The zero-order valence-electron chi connectivity index (χ0n) is 12.4. The summed E-state index contributed by atoms with van der Waals surface area (Å²) in [5.41, 5.74) is 3.21. The molecule has 2 aliphatic rings. The maximum Gasteiger partial charge on any atom is 0.253 e. The molecule has 1 atom stereocenters. The molecule has 0 spiro atoms. The van der Waals surface area contributed by atoms with E-state index in [4.69, 9.17) is 4.74 Å². The number of carbonyl (C=O) groups is 1. The maximum absolute atomic E-state index is 12.5. The molecule has 3 nitrogen and oxygen atoms in total. The fourth-order valence-corrected chi connectivity index (χ4v) is 2.66. The van der Waals surface area contributed by atoms with E-state index in [2.05, 4.69) is 13.8 Å². The van der Waals surface area contributed by atoms with E-state index in [1.54, 1.807) is 0 Å². The van der Waals surface area contributed by atoms with E-state index < -0.39 is 0 Å². The third-order valence-electron chi connectivity index (χ3n) is 4.45. The van der Waals surface area contributed by atoms with E-state index in [0.717, 1.165) is 37.6 Å². The molecule has 0 bridgehead atoms. The van der Waals surface area contributed by atoms with Crippen molar-refractivity contribution in [2.75, 3.05) is 19.7 Å². The maximum atomic E-state index is 12.5. The van der Waals surface area contributed by atoms with Gasteiger partial charge in [-0.25, -0.2) is 0 Å². The monoisotopic (exact) mass is 273 g/mol. The molecule has 1 amide bonds. The number of hydrogen-bond donors (Lipinski definition) is 0. The van der Waals surface area contributed by atoms with Crippen LogP contribution in [-0.2, 0) is 4.74 Å². The van der Waals surface area contributed by atoms with Crippen molar-refractivity contribution in [1.29, 1.82) is 0 Å². The van der Waals surface area contributed by atoms with Crippen molar-refractivity contribution >= 4 is 5.91 Å². The molecule has 1 unspecified atom stereocenters. The second-order valence-corrected chi connectivity index (χ2v) is 6.24. The first kappa shape index (κ1) is 13.6. The Balaban J connectivity index is 1.58. The molecule has 3 heteroatoms. The lowest BCUT2D eigenvalue weighted by Crippen LogP contribution is -2.30. The van der Waals surface area contributed by atoms with Crippen molar-refractivity contribution in [3.05, 3.63) is 34.9 Å². The summed E-state index contributed by atoms with van der Waals surface area (Å²) in [4.78, 5) is 14.4. The van der Waals surface area contributed by atoms with Crippen molar-refractivity contribution in [2.45, 2.75) is 39.2 Å². The Hall–Kier alpha value is -1.35. The summed E-state index contributed by atoms with van der Waals surface area (Å²) in [6, 6.07) is 5.96. The Kier molecular flexibility index (Phi) is 3.79. The molecular formula is C17H23NO2. The molecular weight excluding hydrogens is 250 g/mol. The first-order valence-corrected chi connectivity index (χ1v) is 7.61. The van der Waals surface area contributed by atoms with Crippen LogP contribution in [0.4, 0.5) is 0 Å². The topological polar surface area (TPSA) is 29.5 Å². The average molecular weight is 273 g/mol. The van der Waals surface area contributed by atoms with Gasteiger partial charge in [-0.2, -0.15) is 0 Å². The van der Waals surface area contributed by atoms with Gasteiger partial charge >= 0.3 is 0 Å². The van der Waals surface area contributed by atoms with Gasteiger partial charge in [0.25, 0.3) is 5.91 Å². The number of amides is 1. The van der Waals surface area contributed by atoms with Gasteiger partial charge in [-0.1, -0.05) is 6.07 Å². The quantitative estimate of drug-likeness (QED) is 0.844. The number of aryl methyl sites for hydroxylation is 2. The van der Waals surface area contributed by atoms with E-state index in [-0.39, 0.29) is 12.0 Å². The Morgan fingerprint density at radius 1 is 1.25 bits per heavy atom. The van der Waals surface area contributed by atoms with E-state index in [1.165, 1.54) is 24.0 Å².